The van der Waals surface area contributed by atoms with E-state index >= 15 is 0 Å². The first kappa shape index (κ1) is 13.9. The van der Waals surface area contributed by atoms with Crippen molar-refractivity contribution in [2.45, 2.75) is 64.5 Å². The van der Waals surface area contributed by atoms with Gasteiger partial charge in [0.2, 0.25) is 5.88 Å². The van der Waals surface area contributed by atoms with Crippen LogP contribution in [-0.2, 0) is 6.54 Å². The Hall–Kier alpha value is -1.09. The monoisotopic (exact) mass is 274 g/mol. The van der Waals surface area contributed by atoms with Gasteiger partial charge in [-0.25, -0.2) is 4.98 Å². The largest absolute Gasteiger partial charge is 0.477 e. The van der Waals surface area contributed by atoms with Gasteiger partial charge in [-0.15, -0.1) is 0 Å². The number of hydrogen-bond acceptors (Lipinski definition) is 3. The highest BCUT2D eigenvalue weighted by atomic mass is 16.5. The highest BCUT2D eigenvalue weighted by molar-refractivity contribution is 5.25. The van der Waals surface area contributed by atoms with Crippen molar-refractivity contribution in [3.63, 3.8) is 0 Å². The van der Waals surface area contributed by atoms with Gasteiger partial charge in [0, 0.05) is 24.3 Å². The van der Waals surface area contributed by atoms with Crippen LogP contribution in [0.1, 0.15) is 56.2 Å². The molecule has 20 heavy (non-hydrogen) atoms. The molecule has 2 aliphatic rings. The second-order valence-corrected chi connectivity index (χ2v) is 6.36. The Kier molecular flexibility index (Phi) is 4.56. The lowest BCUT2D eigenvalue weighted by Crippen LogP contribution is -2.17. The summed E-state index contributed by atoms with van der Waals surface area (Å²) in [5.41, 5.74) is 2.39. The van der Waals surface area contributed by atoms with Crippen LogP contribution in [0.25, 0.3) is 0 Å². The maximum Gasteiger partial charge on any atom is 0.213 e. The van der Waals surface area contributed by atoms with Crippen molar-refractivity contribution in [1.82, 2.24) is 10.3 Å². The molecular formula is C17H26N2O. The van der Waals surface area contributed by atoms with E-state index in [1.54, 1.807) is 0 Å². The van der Waals surface area contributed by atoms with Crippen LogP contribution in [0.5, 0.6) is 5.88 Å². The molecule has 0 aromatic carbocycles. The Morgan fingerprint density at radius 1 is 1.15 bits per heavy atom. The van der Waals surface area contributed by atoms with Crippen LogP contribution in [0, 0.1) is 12.8 Å². The van der Waals surface area contributed by atoms with E-state index in [-0.39, 0.29) is 0 Å². The predicted molar refractivity (Wildman–Crippen MR) is 80.9 cm³/mol. The summed E-state index contributed by atoms with van der Waals surface area (Å²) in [6.07, 6.45) is 9.43. The minimum absolute atomic E-state index is 0.738. The molecule has 0 bridgehead atoms. The van der Waals surface area contributed by atoms with Gasteiger partial charge >= 0.3 is 0 Å². The number of pyridine rings is 1. The van der Waals surface area contributed by atoms with Gasteiger partial charge in [0.15, 0.2) is 0 Å². The lowest BCUT2D eigenvalue weighted by Gasteiger charge is -2.21. The molecule has 1 N–H and O–H groups in total. The SMILES string of the molecule is Cc1nc(OCC2CCCCC2)ccc1CNC1CC1. The first-order valence-electron chi connectivity index (χ1n) is 8.14. The number of ether oxygens (including phenoxy) is 1. The zero-order valence-corrected chi connectivity index (χ0v) is 12.5. The smallest absolute Gasteiger partial charge is 0.213 e. The first-order chi connectivity index (χ1) is 9.81. The standard InChI is InChI=1S/C17H26N2O/c1-13-15(11-18-16-8-9-16)7-10-17(19-13)20-12-14-5-3-2-4-6-14/h7,10,14,16,18H,2-6,8-9,11-12H2,1H3. The molecule has 0 radical (unpaired) electrons. The molecule has 0 amide bonds. The van der Waals surface area contributed by atoms with Gasteiger partial charge in [-0.2, -0.15) is 0 Å². The molecule has 2 fully saturated rings. The summed E-state index contributed by atoms with van der Waals surface area (Å²) in [4.78, 5) is 4.59. The molecule has 3 rings (SSSR count). The molecule has 1 heterocycles. The zero-order chi connectivity index (χ0) is 13.8. The van der Waals surface area contributed by atoms with E-state index in [0.29, 0.717) is 0 Å². The summed E-state index contributed by atoms with van der Waals surface area (Å²) in [7, 11) is 0. The lowest BCUT2D eigenvalue weighted by atomic mass is 9.90. The van der Waals surface area contributed by atoms with Gasteiger partial charge in [0.25, 0.3) is 0 Å². The van der Waals surface area contributed by atoms with E-state index in [1.807, 2.05) is 6.07 Å². The first-order valence-corrected chi connectivity index (χ1v) is 8.14. The molecule has 1 aromatic heterocycles. The van der Waals surface area contributed by atoms with E-state index in [9.17, 15) is 0 Å². The van der Waals surface area contributed by atoms with Gasteiger partial charge in [0.05, 0.1) is 6.61 Å². The molecule has 0 unspecified atom stereocenters. The van der Waals surface area contributed by atoms with Crippen molar-refractivity contribution in [3.05, 3.63) is 23.4 Å². The maximum atomic E-state index is 5.89. The normalized spacial score (nSPS) is 20.1. The van der Waals surface area contributed by atoms with Crippen molar-refractivity contribution in [3.8, 4) is 5.88 Å². The fourth-order valence-electron chi connectivity index (χ4n) is 2.93. The molecule has 0 atom stereocenters. The second-order valence-electron chi connectivity index (χ2n) is 6.36. The molecule has 3 nitrogen and oxygen atoms in total. The summed E-state index contributed by atoms with van der Waals surface area (Å²) < 4.78 is 5.89. The predicted octanol–water partition coefficient (Wildman–Crippen LogP) is 3.60. The third-order valence-corrected chi connectivity index (χ3v) is 4.52. The van der Waals surface area contributed by atoms with Crippen LogP contribution < -0.4 is 10.1 Å². The molecule has 1 aromatic rings. The van der Waals surface area contributed by atoms with Crippen LogP contribution in [-0.4, -0.2) is 17.6 Å². The average Bonchev–Trinajstić information content (AvgIpc) is 3.29. The fraction of sp³-hybridized carbons (Fsp3) is 0.706. The van der Waals surface area contributed by atoms with Gasteiger partial charge in [-0.05, 0) is 44.1 Å². The molecule has 2 saturated carbocycles. The third kappa shape index (κ3) is 3.95. The summed E-state index contributed by atoms with van der Waals surface area (Å²) in [6, 6.07) is 4.94. The molecule has 2 aliphatic carbocycles. The molecule has 3 heteroatoms. The summed E-state index contributed by atoms with van der Waals surface area (Å²) in [6.45, 7) is 3.86. The zero-order valence-electron chi connectivity index (χ0n) is 12.5. The Morgan fingerprint density at radius 3 is 2.65 bits per heavy atom. The molecule has 0 saturated heterocycles. The van der Waals surface area contributed by atoms with E-state index in [2.05, 4.69) is 23.3 Å². The van der Waals surface area contributed by atoms with Crippen LogP contribution in [0.15, 0.2) is 12.1 Å². The third-order valence-electron chi connectivity index (χ3n) is 4.52. The van der Waals surface area contributed by atoms with E-state index in [1.165, 1.54) is 50.5 Å². The van der Waals surface area contributed by atoms with Crippen LogP contribution >= 0.6 is 0 Å². The highest BCUT2D eigenvalue weighted by Crippen LogP contribution is 2.24. The number of nitrogens with one attached hydrogen (secondary N) is 1. The summed E-state index contributed by atoms with van der Waals surface area (Å²) in [5.74, 6) is 1.53. The molecular weight excluding hydrogens is 248 g/mol. The summed E-state index contributed by atoms with van der Waals surface area (Å²) in [5, 5.41) is 3.54. The number of aromatic nitrogens is 1. The van der Waals surface area contributed by atoms with Crippen molar-refractivity contribution in [1.29, 1.82) is 0 Å². The van der Waals surface area contributed by atoms with Gasteiger partial charge in [0.1, 0.15) is 0 Å². The minimum atomic E-state index is 0.738. The molecule has 110 valence electrons. The number of aryl methyl sites for hydroxylation is 1. The topological polar surface area (TPSA) is 34.1 Å². The van der Waals surface area contributed by atoms with E-state index in [4.69, 9.17) is 4.74 Å². The maximum absolute atomic E-state index is 5.89. The second kappa shape index (κ2) is 6.57. The van der Waals surface area contributed by atoms with Crippen molar-refractivity contribution in [2.24, 2.45) is 5.92 Å². The summed E-state index contributed by atoms with van der Waals surface area (Å²) >= 11 is 0. The van der Waals surface area contributed by atoms with E-state index in [0.717, 1.165) is 36.7 Å². The molecule has 0 aliphatic heterocycles. The Bertz CT molecular complexity index is 437. The number of nitrogens with zero attached hydrogens (tertiary/aromatic N) is 1. The quantitative estimate of drug-likeness (QED) is 0.860. The highest BCUT2D eigenvalue weighted by Gasteiger charge is 2.20. The fourth-order valence-corrected chi connectivity index (χ4v) is 2.93. The van der Waals surface area contributed by atoms with Gasteiger partial charge in [-0.3, -0.25) is 0 Å². The lowest BCUT2D eigenvalue weighted by molar-refractivity contribution is 0.202. The number of rotatable bonds is 6. The Morgan fingerprint density at radius 2 is 1.95 bits per heavy atom. The van der Waals surface area contributed by atoms with Crippen molar-refractivity contribution in [2.75, 3.05) is 6.61 Å². The van der Waals surface area contributed by atoms with Gasteiger partial charge < -0.3 is 10.1 Å². The van der Waals surface area contributed by atoms with Crippen molar-refractivity contribution < 1.29 is 4.74 Å². The molecule has 0 spiro atoms. The van der Waals surface area contributed by atoms with Crippen LogP contribution in [0.4, 0.5) is 0 Å². The van der Waals surface area contributed by atoms with Crippen LogP contribution in [0.2, 0.25) is 0 Å². The average molecular weight is 274 g/mol. The minimum Gasteiger partial charge on any atom is -0.477 e. The van der Waals surface area contributed by atoms with E-state index < -0.39 is 0 Å². The number of hydrogen-bond donors (Lipinski definition) is 1. The van der Waals surface area contributed by atoms with Gasteiger partial charge in [-0.1, -0.05) is 25.3 Å². The Balaban J connectivity index is 1.49. The van der Waals surface area contributed by atoms with Crippen molar-refractivity contribution >= 4 is 0 Å². The Labute approximate surface area is 122 Å². The van der Waals surface area contributed by atoms with Crippen LogP contribution in [0.3, 0.4) is 0 Å².